The number of hydrogen-bond acceptors (Lipinski definition) is 4. The van der Waals surface area contributed by atoms with Gasteiger partial charge in [0.25, 0.3) is 5.91 Å². The van der Waals surface area contributed by atoms with E-state index < -0.39 is 23.9 Å². The van der Waals surface area contributed by atoms with Crippen LogP contribution in [0, 0.1) is 0 Å². The van der Waals surface area contributed by atoms with Gasteiger partial charge in [-0.3, -0.25) is 19.3 Å². The number of imide groups is 2. The van der Waals surface area contributed by atoms with Gasteiger partial charge in [-0.25, -0.2) is 9.69 Å². The summed E-state index contributed by atoms with van der Waals surface area (Å²) in [5.74, 6) is -1.97. The van der Waals surface area contributed by atoms with Gasteiger partial charge in [-0.1, -0.05) is 60.7 Å². The molecule has 1 fully saturated rings. The molecule has 0 aromatic heterocycles. The molecule has 4 rings (SSSR count). The first kappa shape index (κ1) is 21.0. The maximum atomic E-state index is 12.9. The quantitative estimate of drug-likeness (QED) is 0.476. The van der Waals surface area contributed by atoms with Gasteiger partial charge in [0, 0.05) is 11.3 Å². The van der Waals surface area contributed by atoms with Crippen LogP contribution < -0.4 is 5.32 Å². The molecule has 1 N–H and O–H groups in total. The van der Waals surface area contributed by atoms with Crippen LogP contribution in [0.1, 0.15) is 34.5 Å². The zero-order valence-corrected chi connectivity index (χ0v) is 17.4. The van der Waals surface area contributed by atoms with Crippen LogP contribution in [0.25, 0.3) is 0 Å². The smallest absolute Gasteiger partial charge is 0.322 e. The number of nitrogens with one attached hydrogen (secondary N) is 1. The van der Waals surface area contributed by atoms with E-state index in [2.05, 4.69) is 5.32 Å². The van der Waals surface area contributed by atoms with Crippen molar-refractivity contribution in [2.24, 2.45) is 0 Å². The van der Waals surface area contributed by atoms with Crippen molar-refractivity contribution >= 4 is 29.4 Å². The summed E-state index contributed by atoms with van der Waals surface area (Å²) >= 11 is 0. The highest BCUT2D eigenvalue weighted by Crippen LogP contribution is 2.27. The van der Waals surface area contributed by atoms with Gasteiger partial charge in [0.05, 0.1) is 12.6 Å². The van der Waals surface area contributed by atoms with Crippen molar-refractivity contribution in [1.82, 2.24) is 9.80 Å². The van der Waals surface area contributed by atoms with Gasteiger partial charge in [-0.15, -0.1) is 0 Å². The van der Waals surface area contributed by atoms with Crippen LogP contribution in [0.5, 0.6) is 0 Å². The van der Waals surface area contributed by atoms with Gasteiger partial charge in [-0.05, 0) is 42.3 Å². The van der Waals surface area contributed by atoms with Gasteiger partial charge in [-0.2, -0.15) is 0 Å². The molecular weight excluding hydrogens is 406 g/mol. The molecule has 3 aromatic rings. The average Bonchev–Trinajstić information content (AvgIpc) is 3.03. The molecule has 3 aromatic carbocycles. The molecule has 1 heterocycles. The zero-order valence-electron chi connectivity index (χ0n) is 17.4. The van der Waals surface area contributed by atoms with E-state index >= 15 is 0 Å². The van der Waals surface area contributed by atoms with Crippen LogP contribution in [0.2, 0.25) is 0 Å². The number of para-hydroxylation sites is 1. The lowest BCUT2D eigenvalue weighted by Crippen LogP contribution is -2.35. The molecule has 1 unspecified atom stereocenters. The summed E-state index contributed by atoms with van der Waals surface area (Å²) in [6.45, 7) is 1.66. The lowest BCUT2D eigenvalue weighted by molar-refractivity contribution is -0.144. The predicted octanol–water partition coefficient (Wildman–Crippen LogP) is 3.99. The molecule has 0 radical (unpaired) electrons. The van der Waals surface area contributed by atoms with Gasteiger partial charge in [0.1, 0.15) is 0 Å². The van der Waals surface area contributed by atoms with Crippen LogP contribution in [0.3, 0.4) is 0 Å². The fraction of sp³-hybridized carbons (Fsp3) is 0.120. The SMILES string of the molecule is CC(c1ccccc1)N1C(=O)C(=O)N(Cc2ccc(C(=O)Nc3ccccc3)cc2)C1=O. The number of carbonyl (C=O) groups is 4. The lowest BCUT2D eigenvalue weighted by Gasteiger charge is -2.22. The summed E-state index contributed by atoms with van der Waals surface area (Å²) in [5.41, 5.74) is 2.51. The second-order valence-corrected chi connectivity index (χ2v) is 7.45. The molecule has 32 heavy (non-hydrogen) atoms. The van der Waals surface area contributed by atoms with Crippen LogP contribution in [0.15, 0.2) is 84.9 Å². The Morgan fingerprint density at radius 3 is 2.03 bits per heavy atom. The van der Waals surface area contributed by atoms with Crippen LogP contribution in [-0.2, 0) is 16.1 Å². The number of hydrogen-bond donors (Lipinski definition) is 1. The van der Waals surface area contributed by atoms with E-state index in [1.807, 2.05) is 36.4 Å². The Labute approximate surface area is 185 Å². The van der Waals surface area contributed by atoms with E-state index in [0.29, 0.717) is 16.8 Å². The Bertz CT molecular complexity index is 1160. The summed E-state index contributed by atoms with van der Waals surface area (Å²) < 4.78 is 0. The summed E-state index contributed by atoms with van der Waals surface area (Å²) in [6, 6.07) is 23.5. The normalized spacial score (nSPS) is 14.6. The minimum Gasteiger partial charge on any atom is -0.322 e. The molecule has 0 spiro atoms. The van der Waals surface area contributed by atoms with Gasteiger partial charge in [0.2, 0.25) is 0 Å². The maximum absolute atomic E-state index is 12.9. The summed E-state index contributed by atoms with van der Waals surface area (Å²) in [6.07, 6.45) is 0. The summed E-state index contributed by atoms with van der Waals surface area (Å²) in [7, 11) is 0. The fourth-order valence-corrected chi connectivity index (χ4v) is 3.55. The molecule has 7 nitrogen and oxygen atoms in total. The highest BCUT2D eigenvalue weighted by molar-refractivity contribution is 6.44. The van der Waals surface area contributed by atoms with Gasteiger partial charge >= 0.3 is 17.8 Å². The molecule has 5 amide bonds. The summed E-state index contributed by atoms with van der Waals surface area (Å²) in [5, 5.41) is 2.80. The molecule has 1 atom stereocenters. The van der Waals surface area contributed by atoms with Crippen molar-refractivity contribution < 1.29 is 19.2 Å². The lowest BCUT2D eigenvalue weighted by atomic mass is 10.1. The third kappa shape index (κ3) is 4.13. The molecule has 1 aliphatic heterocycles. The Balaban J connectivity index is 1.45. The van der Waals surface area contributed by atoms with Crippen molar-refractivity contribution in [3.8, 4) is 0 Å². The van der Waals surface area contributed by atoms with E-state index in [9.17, 15) is 19.2 Å². The standard InChI is InChI=1S/C25H21N3O4/c1-17(19-8-4-2-5-9-19)28-24(31)23(30)27(25(28)32)16-18-12-14-20(15-13-18)22(29)26-21-10-6-3-7-11-21/h2-15,17H,16H2,1H3,(H,26,29). The Hall–Kier alpha value is -4.26. The Kier molecular flexibility index (Phi) is 5.81. The highest BCUT2D eigenvalue weighted by atomic mass is 16.2. The van der Waals surface area contributed by atoms with Gasteiger partial charge in [0.15, 0.2) is 0 Å². The second-order valence-electron chi connectivity index (χ2n) is 7.45. The molecule has 0 bridgehead atoms. The number of carbonyl (C=O) groups excluding carboxylic acids is 4. The van der Waals surface area contributed by atoms with Crippen molar-refractivity contribution in [3.63, 3.8) is 0 Å². The maximum Gasteiger partial charge on any atom is 0.335 e. The first-order chi connectivity index (χ1) is 15.5. The molecular formula is C25H21N3O4. The molecule has 7 heteroatoms. The third-order valence-corrected chi connectivity index (χ3v) is 5.34. The molecule has 1 aliphatic rings. The number of amides is 5. The van der Waals surface area contributed by atoms with Gasteiger partial charge < -0.3 is 5.32 Å². The topological polar surface area (TPSA) is 86.8 Å². The van der Waals surface area contributed by atoms with E-state index in [0.717, 1.165) is 15.4 Å². The van der Waals surface area contributed by atoms with Crippen molar-refractivity contribution in [3.05, 3.63) is 102 Å². The van der Waals surface area contributed by atoms with Crippen molar-refractivity contribution in [1.29, 1.82) is 0 Å². The number of nitrogens with zero attached hydrogens (tertiary/aromatic N) is 2. The Morgan fingerprint density at radius 1 is 0.812 bits per heavy atom. The molecule has 160 valence electrons. The fourth-order valence-electron chi connectivity index (χ4n) is 3.55. The minimum absolute atomic E-state index is 0.0536. The number of anilines is 1. The molecule has 1 saturated heterocycles. The third-order valence-electron chi connectivity index (χ3n) is 5.34. The van der Waals surface area contributed by atoms with E-state index in [-0.39, 0.29) is 12.5 Å². The molecule has 0 aliphatic carbocycles. The first-order valence-electron chi connectivity index (χ1n) is 10.1. The minimum atomic E-state index is -0.858. The zero-order chi connectivity index (χ0) is 22.7. The monoisotopic (exact) mass is 427 g/mol. The van der Waals surface area contributed by atoms with Crippen molar-refractivity contribution in [2.75, 3.05) is 5.32 Å². The number of benzene rings is 3. The van der Waals surface area contributed by atoms with Crippen LogP contribution in [-0.4, -0.2) is 33.6 Å². The van der Waals surface area contributed by atoms with E-state index in [1.165, 1.54) is 0 Å². The van der Waals surface area contributed by atoms with Crippen LogP contribution >= 0.6 is 0 Å². The highest BCUT2D eigenvalue weighted by Gasteiger charge is 2.46. The molecule has 0 saturated carbocycles. The second kappa shape index (κ2) is 8.85. The number of urea groups is 1. The first-order valence-corrected chi connectivity index (χ1v) is 10.1. The summed E-state index contributed by atoms with van der Waals surface area (Å²) in [4.78, 5) is 52.2. The predicted molar refractivity (Wildman–Crippen MR) is 118 cm³/mol. The number of rotatable bonds is 6. The van der Waals surface area contributed by atoms with E-state index in [4.69, 9.17) is 0 Å². The Morgan fingerprint density at radius 2 is 1.41 bits per heavy atom. The van der Waals surface area contributed by atoms with Crippen LogP contribution in [0.4, 0.5) is 10.5 Å². The largest absolute Gasteiger partial charge is 0.335 e. The average molecular weight is 427 g/mol. The van der Waals surface area contributed by atoms with Crippen molar-refractivity contribution in [2.45, 2.75) is 19.5 Å². The van der Waals surface area contributed by atoms with E-state index in [1.54, 1.807) is 55.5 Å².